The molecule has 2 aliphatic carbocycles. The van der Waals surface area contributed by atoms with Crippen LogP contribution in [-0.4, -0.2) is 71.7 Å². The number of carbonyl (C=O) groups is 6. The van der Waals surface area contributed by atoms with Crippen LogP contribution in [-0.2, 0) is 31.8 Å². The molecule has 2 heterocycles. The first-order valence-corrected chi connectivity index (χ1v) is 12.9. The zero-order chi connectivity index (χ0) is 30.4. The number of carbonyl (C=O) groups excluding carboxylic acids is 6. The summed E-state index contributed by atoms with van der Waals surface area (Å²) < 4.78 is 21.1. The Labute approximate surface area is 237 Å². The lowest BCUT2D eigenvalue weighted by Crippen LogP contribution is -2.36. The molecule has 0 unspecified atom stereocenters. The topological polar surface area (TPSA) is 180 Å². The maximum Gasteiger partial charge on any atom is 0.339 e. The summed E-state index contributed by atoms with van der Waals surface area (Å²) in [5, 5.41) is 21.8. The Hall–Kier alpha value is -5.26. The summed E-state index contributed by atoms with van der Waals surface area (Å²) in [5.74, 6) is -8.74. The molecule has 0 bridgehead atoms. The van der Waals surface area contributed by atoms with E-state index in [1.54, 1.807) is 13.8 Å². The highest BCUT2D eigenvalue weighted by Crippen LogP contribution is 2.45. The molecule has 42 heavy (non-hydrogen) atoms. The number of cyclic esters (lactones) is 2. The fourth-order valence-corrected chi connectivity index (χ4v) is 6.09. The third-order valence-corrected chi connectivity index (χ3v) is 7.70. The van der Waals surface area contributed by atoms with E-state index in [1.165, 1.54) is 12.1 Å². The molecule has 0 radical (unpaired) electrons. The van der Waals surface area contributed by atoms with Gasteiger partial charge >= 0.3 is 11.9 Å². The summed E-state index contributed by atoms with van der Waals surface area (Å²) in [5.41, 5.74) is -3.45. The molecule has 0 saturated heterocycles. The first kappa shape index (κ1) is 26.9. The van der Waals surface area contributed by atoms with Crippen LogP contribution >= 0.6 is 0 Å². The standard InChI is InChI=1S/C30H22O12/c1-9-5-11-7-13(31)17-19(15(11)29(37)41-9)25(35)27(39-3)21(23(17)33)22-24(34)18-14(32)8-12-6-10(2)42-30(38)16(12)20(18)26(36)28(22)40-4/h7-10,31-32H,5-6H2,1-4H3/t9-,10+. The molecule has 6 rings (SSSR count). The molecular formula is C30H22O12. The highest BCUT2D eigenvalue weighted by molar-refractivity contribution is 6.39. The van der Waals surface area contributed by atoms with E-state index in [4.69, 9.17) is 18.9 Å². The van der Waals surface area contributed by atoms with Crippen LogP contribution in [0.2, 0.25) is 0 Å². The number of aromatic hydroxyl groups is 2. The molecule has 2 N–H and O–H groups in total. The summed E-state index contributed by atoms with van der Waals surface area (Å²) in [4.78, 5) is 81.4. The normalized spacial score (nSPS) is 21.3. The van der Waals surface area contributed by atoms with Gasteiger partial charge in [-0.1, -0.05) is 0 Å². The minimum atomic E-state index is -1.12. The molecule has 2 aromatic carbocycles. The predicted molar refractivity (Wildman–Crippen MR) is 139 cm³/mol. The number of ether oxygens (including phenoxy) is 4. The van der Waals surface area contributed by atoms with Crippen molar-refractivity contribution in [1.29, 1.82) is 0 Å². The Kier molecular flexibility index (Phi) is 5.85. The molecule has 2 aromatic rings. The van der Waals surface area contributed by atoms with Crippen LogP contribution in [0.15, 0.2) is 34.8 Å². The van der Waals surface area contributed by atoms with Gasteiger partial charge in [0.15, 0.2) is 11.5 Å². The van der Waals surface area contributed by atoms with Gasteiger partial charge in [0.2, 0.25) is 23.1 Å². The van der Waals surface area contributed by atoms with Crippen LogP contribution in [0.1, 0.15) is 87.1 Å². The quantitative estimate of drug-likeness (QED) is 0.512. The van der Waals surface area contributed by atoms with E-state index >= 15 is 0 Å². The Morgan fingerprint density at radius 1 is 0.595 bits per heavy atom. The fraction of sp³-hybridized carbons (Fsp3) is 0.267. The molecule has 2 atom stereocenters. The van der Waals surface area contributed by atoms with E-state index in [0.29, 0.717) is 0 Å². The van der Waals surface area contributed by atoms with E-state index in [2.05, 4.69) is 0 Å². The number of hydrogen-bond acceptors (Lipinski definition) is 12. The molecule has 0 spiro atoms. The van der Waals surface area contributed by atoms with Gasteiger partial charge in [-0.3, -0.25) is 19.2 Å². The minimum Gasteiger partial charge on any atom is -0.507 e. The second kappa shape index (κ2) is 9.13. The number of hydrogen-bond donors (Lipinski definition) is 2. The van der Waals surface area contributed by atoms with Gasteiger partial charge in [-0.25, -0.2) is 9.59 Å². The molecular weight excluding hydrogens is 552 g/mol. The average molecular weight is 574 g/mol. The van der Waals surface area contributed by atoms with Crippen LogP contribution in [0, 0.1) is 0 Å². The first-order chi connectivity index (χ1) is 19.9. The van der Waals surface area contributed by atoms with E-state index in [1.807, 2.05) is 0 Å². The van der Waals surface area contributed by atoms with E-state index in [9.17, 15) is 39.0 Å². The number of allylic oxidation sites excluding steroid dienone is 4. The van der Waals surface area contributed by atoms with E-state index in [0.717, 1.165) is 14.2 Å². The van der Waals surface area contributed by atoms with Gasteiger partial charge in [0.05, 0.1) is 58.7 Å². The van der Waals surface area contributed by atoms with Gasteiger partial charge in [-0.15, -0.1) is 0 Å². The van der Waals surface area contributed by atoms with Crippen molar-refractivity contribution in [2.24, 2.45) is 0 Å². The van der Waals surface area contributed by atoms with Crippen LogP contribution in [0.4, 0.5) is 0 Å². The Bertz CT molecular complexity index is 1670. The van der Waals surface area contributed by atoms with Crippen molar-refractivity contribution in [2.45, 2.75) is 38.9 Å². The fourth-order valence-electron chi connectivity index (χ4n) is 6.09. The lowest BCUT2D eigenvalue weighted by molar-refractivity contribution is 0.0288. The van der Waals surface area contributed by atoms with Crippen LogP contribution in [0.25, 0.3) is 0 Å². The number of methoxy groups -OCH3 is 2. The summed E-state index contributed by atoms with van der Waals surface area (Å²) in [6.07, 6.45) is -0.778. The largest absolute Gasteiger partial charge is 0.507 e. The van der Waals surface area contributed by atoms with Gasteiger partial charge in [-0.2, -0.15) is 0 Å². The van der Waals surface area contributed by atoms with Gasteiger partial charge in [-0.05, 0) is 37.1 Å². The number of Topliss-reactive ketones (excluding diaryl/α,β-unsaturated/α-hetero) is 4. The number of esters is 2. The third kappa shape index (κ3) is 3.47. The minimum absolute atomic E-state index is 0.163. The van der Waals surface area contributed by atoms with Crippen molar-refractivity contribution >= 4 is 35.1 Å². The van der Waals surface area contributed by atoms with Crippen molar-refractivity contribution in [3.8, 4) is 11.5 Å². The third-order valence-electron chi connectivity index (χ3n) is 7.70. The zero-order valence-electron chi connectivity index (χ0n) is 22.7. The van der Waals surface area contributed by atoms with Crippen LogP contribution in [0.5, 0.6) is 11.5 Å². The summed E-state index contributed by atoms with van der Waals surface area (Å²) in [7, 11) is 2.09. The van der Waals surface area contributed by atoms with Gasteiger partial charge < -0.3 is 29.2 Å². The number of fused-ring (bicyclic) bond motifs is 6. The molecule has 4 aliphatic rings. The summed E-state index contributed by atoms with van der Waals surface area (Å²) in [6, 6.07) is 2.34. The van der Waals surface area contributed by atoms with Gasteiger partial charge in [0.1, 0.15) is 23.7 Å². The van der Waals surface area contributed by atoms with Crippen molar-refractivity contribution in [3.05, 3.63) is 79.3 Å². The lowest BCUT2D eigenvalue weighted by atomic mass is 9.74. The molecule has 0 saturated carbocycles. The molecule has 12 nitrogen and oxygen atoms in total. The smallest absolute Gasteiger partial charge is 0.339 e. The molecule has 0 fully saturated rings. The van der Waals surface area contributed by atoms with E-state index in [-0.39, 0.29) is 35.1 Å². The number of phenols is 2. The number of rotatable bonds is 3. The molecule has 2 aliphatic heterocycles. The van der Waals surface area contributed by atoms with Crippen molar-refractivity contribution in [2.75, 3.05) is 14.2 Å². The Morgan fingerprint density at radius 2 is 0.952 bits per heavy atom. The number of ketones is 4. The Balaban J connectivity index is 1.62. The average Bonchev–Trinajstić information content (AvgIpc) is 2.90. The zero-order valence-corrected chi connectivity index (χ0v) is 22.7. The van der Waals surface area contributed by atoms with Gasteiger partial charge in [0.25, 0.3) is 0 Å². The van der Waals surface area contributed by atoms with Crippen LogP contribution < -0.4 is 0 Å². The second-order valence-electron chi connectivity index (χ2n) is 10.3. The van der Waals surface area contributed by atoms with Crippen molar-refractivity contribution < 1.29 is 57.9 Å². The lowest BCUT2D eigenvalue weighted by Gasteiger charge is -2.30. The maximum absolute atomic E-state index is 14.0. The number of benzene rings is 2. The second-order valence-corrected chi connectivity index (χ2v) is 10.3. The van der Waals surface area contributed by atoms with E-state index < -0.39 is 104 Å². The van der Waals surface area contributed by atoms with Crippen LogP contribution in [0.3, 0.4) is 0 Å². The molecule has 0 amide bonds. The first-order valence-electron chi connectivity index (χ1n) is 12.9. The molecule has 0 aromatic heterocycles. The van der Waals surface area contributed by atoms with Crippen molar-refractivity contribution in [3.63, 3.8) is 0 Å². The highest BCUT2D eigenvalue weighted by atomic mass is 16.5. The SMILES string of the molecule is COC1=C(C2=C(OC)C(=O)c3c(c(O)cc4c3C(=O)O[C@@H](C)C4)C2=O)C(=O)c2c(O)cc3c(c2C1=O)C(=O)O[C@H](C)C3. The molecule has 214 valence electrons. The summed E-state index contributed by atoms with van der Waals surface area (Å²) >= 11 is 0. The summed E-state index contributed by atoms with van der Waals surface area (Å²) in [6.45, 7) is 3.25. The monoisotopic (exact) mass is 574 g/mol. The number of phenolic OH excluding ortho intramolecular Hbond substituents is 2. The highest BCUT2D eigenvalue weighted by Gasteiger charge is 2.49. The Morgan fingerprint density at radius 3 is 1.29 bits per heavy atom. The molecule has 12 heteroatoms. The predicted octanol–water partition coefficient (Wildman–Crippen LogP) is 2.56. The van der Waals surface area contributed by atoms with Crippen molar-refractivity contribution in [1.82, 2.24) is 0 Å². The maximum atomic E-state index is 14.0. The van der Waals surface area contributed by atoms with Gasteiger partial charge in [0, 0.05) is 12.8 Å².